The van der Waals surface area contributed by atoms with E-state index in [9.17, 15) is 14.0 Å². The van der Waals surface area contributed by atoms with Crippen molar-refractivity contribution in [1.82, 2.24) is 20.4 Å². The van der Waals surface area contributed by atoms with Crippen molar-refractivity contribution in [3.05, 3.63) is 42.0 Å². The lowest BCUT2D eigenvalue weighted by atomic mass is 9.49. The van der Waals surface area contributed by atoms with Crippen LogP contribution < -0.4 is 10.9 Å². The van der Waals surface area contributed by atoms with Gasteiger partial charge in [-0.25, -0.2) is 9.37 Å². The van der Waals surface area contributed by atoms with Gasteiger partial charge in [0, 0.05) is 12.1 Å². The van der Waals surface area contributed by atoms with Crippen LogP contribution in [0.5, 0.6) is 0 Å². The lowest BCUT2D eigenvalue weighted by Gasteiger charge is -2.56. The summed E-state index contributed by atoms with van der Waals surface area (Å²) in [5, 5.41) is 0.608. The third kappa shape index (κ3) is 3.97. The number of halogens is 1. The summed E-state index contributed by atoms with van der Waals surface area (Å²) in [6.45, 7) is 0. The molecule has 0 radical (unpaired) electrons. The molecular weight excluding hydrogens is 415 g/mol. The lowest BCUT2D eigenvalue weighted by Crippen LogP contribution is -2.50. The Morgan fingerprint density at radius 3 is 2.29 bits per heavy atom. The zero-order chi connectivity index (χ0) is 21.6. The second-order valence-corrected chi connectivity index (χ2v) is 10.3. The van der Waals surface area contributed by atoms with E-state index in [2.05, 4.69) is 15.8 Å². The van der Waals surface area contributed by atoms with Crippen LogP contribution in [0.2, 0.25) is 0 Å². The molecule has 2 aromatic rings. The number of carbonyl (C=O) groups excluding carboxylic acids is 2. The number of rotatable bonds is 5. The van der Waals surface area contributed by atoms with Gasteiger partial charge in [0.15, 0.2) is 5.16 Å². The molecule has 8 heteroatoms. The molecule has 2 N–H and O–H groups in total. The van der Waals surface area contributed by atoms with Gasteiger partial charge in [0.1, 0.15) is 11.5 Å². The number of nitrogens with zero attached hydrogens (tertiary/aromatic N) is 2. The molecule has 1 heterocycles. The van der Waals surface area contributed by atoms with Crippen molar-refractivity contribution in [3.63, 3.8) is 0 Å². The third-order valence-corrected chi connectivity index (χ3v) is 7.90. The van der Waals surface area contributed by atoms with Gasteiger partial charge in [-0.15, -0.1) is 0 Å². The van der Waals surface area contributed by atoms with Gasteiger partial charge in [0.05, 0.1) is 6.20 Å². The summed E-state index contributed by atoms with van der Waals surface area (Å²) < 4.78 is 15.0. The fraction of sp³-hybridized carbons (Fsp3) is 0.522. The molecule has 4 aliphatic rings. The van der Waals surface area contributed by atoms with Crippen molar-refractivity contribution in [2.24, 2.45) is 23.2 Å². The van der Waals surface area contributed by atoms with Gasteiger partial charge in [-0.3, -0.25) is 25.0 Å². The first-order valence-corrected chi connectivity index (χ1v) is 12.1. The summed E-state index contributed by atoms with van der Waals surface area (Å²) in [4.78, 5) is 29.8. The van der Waals surface area contributed by atoms with E-state index < -0.39 is 5.91 Å². The van der Waals surface area contributed by atoms with E-state index in [0.717, 1.165) is 37.0 Å². The summed E-state index contributed by atoms with van der Waals surface area (Å²) in [6, 6.07) is 5.88. The molecule has 0 saturated heterocycles. The van der Waals surface area contributed by atoms with Gasteiger partial charge in [0.25, 0.3) is 5.91 Å². The zero-order valence-electron chi connectivity index (χ0n) is 17.6. The highest BCUT2D eigenvalue weighted by Gasteiger charge is 2.51. The zero-order valence-corrected chi connectivity index (χ0v) is 18.4. The molecule has 164 valence electrons. The smallest absolute Gasteiger partial charge is 0.283 e. The number of benzene rings is 1. The molecule has 0 atom stereocenters. The first-order valence-electron chi connectivity index (χ1n) is 10.9. The number of imidazole rings is 1. The predicted molar refractivity (Wildman–Crippen MR) is 116 cm³/mol. The van der Waals surface area contributed by atoms with Crippen LogP contribution in [0.25, 0.3) is 5.69 Å². The largest absolute Gasteiger partial charge is 0.288 e. The molecule has 4 saturated carbocycles. The second-order valence-electron chi connectivity index (χ2n) is 9.54. The molecule has 4 bridgehead atoms. The van der Waals surface area contributed by atoms with Gasteiger partial charge in [-0.05, 0) is 92.2 Å². The van der Waals surface area contributed by atoms with Crippen molar-refractivity contribution < 1.29 is 14.0 Å². The normalized spacial score (nSPS) is 28.5. The molecule has 4 aliphatic carbocycles. The molecule has 0 aliphatic heterocycles. The van der Waals surface area contributed by atoms with Crippen LogP contribution in [0.3, 0.4) is 0 Å². The van der Waals surface area contributed by atoms with Gasteiger partial charge >= 0.3 is 0 Å². The SMILES string of the molecule is CSc1ncc(C(=O)NNC(=O)CC23CC4CC(CC(C4)C2)C3)n1-c1ccc(F)cc1. The molecule has 6 nitrogen and oxygen atoms in total. The molecule has 1 aromatic carbocycles. The van der Waals surface area contributed by atoms with Gasteiger partial charge in [-0.2, -0.15) is 0 Å². The Morgan fingerprint density at radius 2 is 1.71 bits per heavy atom. The maximum atomic E-state index is 13.3. The van der Waals surface area contributed by atoms with E-state index in [1.54, 1.807) is 16.7 Å². The maximum Gasteiger partial charge on any atom is 0.288 e. The number of thioether (sulfide) groups is 1. The molecule has 6 rings (SSSR count). The average Bonchev–Trinajstić information content (AvgIpc) is 3.15. The molecule has 31 heavy (non-hydrogen) atoms. The van der Waals surface area contributed by atoms with Crippen molar-refractivity contribution >= 4 is 23.6 Å². The van der Waals surface area contributed by atoms with E-state index in [1.807, 2.05) is 6.26 Å². The van der Waals surface area contributed by atoms with Gasteiger partial charge in [-0.1, -0.05) is 11.8 Å². The number of hydrogen-bond acceptors (Lipinski definition) is 4. The first-order chi connectivity index (χ1) is 14.9. The van der Waals surface area contributed by atoms with Gasteiger partial charge in [0.2, 0.25) is 5.91 Å². The Balaban J connectivity index is 1.25. The number of carbonyl (C=O) groups is 2. The van der Waals surface area contributed by atoms with E-state index in [1.165, 1.54) is 49.4 Å². The highest BCUT2D eigenvalue weighted by atomic mass is 32.2. The summed E-state index contributed by atoms with van der Waals surface area (Å²) in [6.07, 6.45) is 11.3. The Bertz CT molecular complexity index is 968. The summed E-state index contributed by atoms with van der Waals surface area (Å²) in [5.74, 6) is 1.41. The van der Waals surface area contributed by atoms with Crippen LogP contribution in [0.4, 0.5) is 4.39 Å². The molecule has 4 fully saturated rings. The van der Waals surface area contributed by atoms with Crippen LogP contribution in [0.1, 0.15) is 55.4 Å². The highest BCUT2D eigenvalue weighted by Crippen LogP contribution is 2.61. The maximum absolute atomic E-state index is 13.3. The average molecular weight is 443 g/mol. The number of hydrogen-bond donors (Lipinski definition) is 2. The van der Waals surface area contributed by atoms with E-state index in [4.69, 9.17) is 0 Å². The van der Waals surface area contributed by atoms with E-state index in [-0.39, 0.29) is 22.8 Å². The van der Waals surface area contributed by atoms with Crippen LogP contribution in [-0.4, -0.2) is 27.6 Å². The molecular formula is C23H27FN4O2S. The van der Waals surface area contributed by atoms with Crippen molar-refractivity contribution in [3.8, 4) is 5.69 Å². The van der Waals surface area contributed by atoms with Crippen molar-refractivity contribution in [1.29, 1.82) is 0 Å². The van der Waals surface area contributed by atoms with Crippen LogP contribution >= 0.6 is 11.8 Å². The van der Waals surface area contributed by atoms with Crippen LogP contribution in [-0.2, 0) is 4.79 Å². The topological polar surface area (TPSA) is 76.0 Å². The molecule has 1 aromatic heterocycles. The Morgan fingerprint density at radius 1 is 1.10 bits per heavy atom. The minimum atomic E-state index is -0.448. The quantitative estimate of drug-likeness (QED) is 0.540. The first kappa shape index (κ1) is 20.5. The number of aromatic nitrogens is 2. The minimum absolute atomic E-state index is 0.117. The van der Waals surface area contributed by atoms with Crippen LogP contribution in [0, 0.1) is 29.0 Å². The fourth-order valence-corrected chi connectivity index (χ4v) is 7.10. The summed E-state index contributed by atoms with van der Waals surface area (Å²) in [5.41, 5.74) is 6.21. The molecule has 0 unspecified atom stereocenters. The Hall–Kier alpha value is -2.35. The summed E-state index contributed by atoms with van der Waals surface area (Å²) in [7, 11) is 0. The number of nitrogens with one attached hydrogen (secondary N) is 2. The van der Waals surface area contributed by atoms with E-state index in [0.29, 0.717) is 17.3 Å². The molecule has 2 amide bonds. The van der Waals surface area contributed by atoms with Crippen molar-refractivity contribution in [2.45, 2.75) is 50.1 Å². The summed E-state index contributed by atoms with van der Waals surface area (Å²) >= 11 is 1.38. The standard InChI is InChI=1S/C23H27FN4O2S/c1-31-22-25-13-19(28(22)18-4-2-17(24)3-5-18)21(30)27-26-20(29)12-23-9-14-6-15(10-23)8-16(7-14)11-23/h2-5,13-16H,6-12H2,1H3,(H,26,29)(H,27,30). The van der Waals surface area contributed by atoms with Crippen LogP contribution in [0.15, 0.2) is 35.6 Å². The Kier molecular flexibility index (Phi) is 5.28. The number of hydrazine groups is 1. The minimum Gasteiger partial charge on any atom is -0.283 e. The monoisotopic (exact) mass is 442 g/mol. The Labute approximate surface area is 185 Å². The predicted octanol–water partition coefficient (Wildman–Crippen LogP) is 4.10. The molecule has 0 spiro atoms. The van der Waals surface area contributed by atoms with Gasteiger partial charge < -0.3 is 0 Å². The number of amides is 2. The second kappa shape index (κ2) is 7.97. The fourth-order valence-electron chi connectivity index (χ4n) is 6.56. The van der Waals surface area contributed by atoms with E-state index >= 15 is 0 Å². The highest BCUT2D eigenvalue weighted by molar-refractivity contribution is 7.98. The van der Waals surface area contributed by atoms with Crippen molar-refractivity contribution in [2.75, 3.05) is 6.26 Å². The lowest BCUT2D eigenvalue weighted by molar-refractivity contribution is -0.130. The third-order valence-electron chi connectivity index (χ3n) is 7.25.